The summed E-state index contributed by atoms with van der Waals surface area (Å²) in [7, 11) is 0. The second-order valence-electron chi connectivity index (χ2n) is 2.20. The molecule has 42 valence electrons. The second kappa shape index (κ2) is 1.17. The van der Waals surface area contributed by atoms with Gasteiger partial charge >= 0.3 is 0 Å². The summed E-state index contributed by atoms with van der Waals surface area (Å²) < 4.78 is 23.9. The van der Waals surface area contributed by atoms with Crippen molar-refractivity contribution in [3.63, 3.8) is 0 Å². The Morgan fingerprint density at radius 2 is 2.00 bits per heavy atom. The smallest absolute Gasteiger partial charge is 0.207 e. The van der Waals surface area contributed by atoms with Crippen molar-refractivity contribution in [3.05, 3.63) is 0 Å². The molecular weight excluding hydrogens is 98.1 g/mol. The van der Waals surface area contributed by atoms with Crippen molar-refractivity contribution in [3.8, 4) is 0 Å². The van der Waals surface area contributed by atoms with Crippen LogP contribution in [0, 0.1) is 5.92 Å². The van der Waals surface area contributed by atoms with Crippen molar-refractivity contribution in [2.75, 3.05) is 0 Å². The van der Waals surface area contributed by atoms with Gasteiger partial charge in [-0.2, -0.15) is 0 Å². The van der Waals surface area contributed by atoms with E-state index < -0.39 is 5.92 Å². The molecule has 0 radical (unpaired) electrons. The average molecular weight is 106 g/mol. The first-order valence-electron chi connectivity index (χ1n) is 2.51. The first-order chi connectivity index (χ1) is 3.13. The van der Waals surface area contributed by atoms with Crippen molar-refractivity contribution < 1.29 is 8.78 Å². The maximum atomic E-state index is 11.9. The van der Waals surface area contributed by atoms with E-state index in [2.05, 4.69) is 0 Å². The fraction of sp³-hybridized carbons (Fsp3) is 1.00. The molecule has 1 fully saturated rings. The third-order valence-corrected chi connectivity index (χ3v) is 1.63. The molecule has 0 aromatic carbocycles. The molecule has 0 saturated heterocycles. The monoisotopic (exact) mass is 106 g/mol. The van der Waals surface area contributed by atoms with E-state index in [1.807, 2.05) is 0 Å². The van der Waals surface area contributed by atoms with Crippen LogP contribution in [0.3, 0.4) is 0 Å². The summed E-state index contributed by atoms with van der Waals surface area (Å²) in [4.78, 5) is 0. The molecule has 0 nitrogen and oxygen atoms in total. The lowest BCUT2D eigenvalue weighted by Crippen LogP contribution is -2.36. The molecule has 1 aliphatic carbocycles. The highest BCUT2D eigenvalue weighted by Crippen LogP contribution is 2.42. The molecule has 1 atom stereocenters. The standard InChI is InChI=1S/C5H8F2/c1-4-2-3-5(4,6)7/h4H,2-3H2,1H3/t4-/m0/s1. The van der Waals surface area contributed by atoms with Crippen LogP contribution in [0.15, 0.2) is 0 Å². The summed E-state index contributed by atoms with van der Waals surface area (Å²) in [6.45, 7) is 1.59. The largest absolute Gasteiger partial charge is 0.250 e. The molecule has 0 aliphatic heterocycles. The Morgan fingerprint density at radius 1 is 1.57 bits per heavy atom. The Morgan fingerprint density at radius 3 is 2.00 bits per heavy atom. The van der Waals surface area contributed by atoms with Gasteiger partial charge in [0.25, 0.3) is 5.92 Å². The Bertz CT molecular complexity index is 78.1. The lowest BCUT2D eigenvalue weighted by Gasteiger charge is -2.32. The molecule has 0 bridgehead atoms. The van der Waals surface area contributed by atoms with Crippen LogP contribution in [0.5, 0.6) is 0 Å². The molecule has 0 aromatic heterocycles. The fourth-order valence-corrected chi connectivity index (χ4v) is 0.651. The first kappa shape index (κ1) is 5.01. The maximum absolute atomic E-state index is 11.9. The van der Waals surface area contributed by atoms with E-state index in [0.29, 0.717) is 6.42 Å². The summed E-state index contributed by atoms with van der Waals surface area (Å²) >= 11 is 0. The highest BCUT2D eigenvalue weighted by molar-refractivity contribution is 4.84. The average Bonchev–Trinajstić information content (AvgIpc) is 1.63. The molecule has 1 rings (SSSR count). The Balaban J connectivity index is 2.43. The zero-order valence-corrected chi connectivity index (χ0v) is 4.25. The number of hydrogen-bond acceptors (Lipinski definition) is 0. The minimum absolute atomic E-state index is 0.105. The minimum atomic E-state index is -2.32. The number of alkyl halides is 2. The SMILES string of the molecule is C[C@H]1CCC1(F)F. The summed E-state index contributed by atoms with van der Waals surface area (Å²) in [6, 6.07) is 0. The van der Waals surface area contributed by atoms with E-state index in [9.17, 15) is 8.78 Å². The summed E-state index contributed by atoms with van der Waals surface area (Å²) in [6.07, 6.45) is 0.807. The molecule has 0 unspecified atom stereocenters. The van der Waals surface area contributed by atoms with Crippen molar-refractivity contribution in [2.24, 2.45) is 5.92 Å². The van der Waals surface area contributed by atoms with Crippen molar-refractivity contribution in [1.29, 1.82) is 0 Å². The van der Waals surface area contributed by atoms with Crippen molar-refractivity contribution >= 4 is 0 Å². The van der Waals surface area contributed by atoms with E-state index in [4.69, 9.17) is 0 Å². The third kappa shape index (κ3) is 0.621. The highest BCUT2D eigenvalue weighted by atomic mass is 19.3. The van der Waals surface area contributed by atoms with Gasteiger partial charge < -0.3 is 0 Å². The van der Waals surface area contributed by atoms with Crippen LogP contribution in [0.25, 0.3) is 0 Å². The van der Waals surface area contributed by atoms with Crippen molar-refractivity contribution in [1.82, 2.24) is 0 Å². The van der Waals surface area contributed by atoms with E-state index in [1.165, 1.54) is 0 Å². The number of rotatable bonds is 0. The van der Waals surface area contributed by atoms with Crippen LogP contribution in [0.1, 0.15) is 19.8 Å². The number of halogens is 2. The van der Waals surface area contributed by atoms with Crippen molar-refractivity contribution in [2.45, 2.75) is 25.7 Å². The highest BCUT2D eigenvalue weighted by Gasteiger charge is 2.44. The van der Waals surface area contributed by atoms with Gasteiger partial charge in [-0.15, -0.1) is 0 Å². The molecule has 1 aliphatic rings. The molecule has 0 heterocycles. The van der Waals surface area contributed by atoms with Gasteiger partial charge in [-0.05, 0) is 6.42 Å². The van der Waals surface area contributed by atoms with Crippen LogP contribution >= 0.6 is 0 Å². The second-order valence-corrected chi connectivity index (χ2v) is 2.20. The first-order valence-corrected chi connectivity index (χ1v) is 2.51. The van der Waals surface area contributed by atoms with E-state index in [-0.39, 0.29) is 12.3 Å². The lowest BCUT2D eigenvalue weighted by atomic mass is 9.83. The van der Waals surface area contributed by atoms with Gasteiger partial charge in [0, 0.05) is 12.3 Å². The lowest BCUT2D eigenvalue weighted by molar-refractivity contribution is -0.124. The van der Waals surface area contributed by atoms with E-state index in [0.717, 1.165) is 0 Å². The van der Waals surface area contributed by atoms with Crippen LogP contribution in [-0.2, 0) is 0 Å². The van der Waals surface area contributed by atoms with E-state index in [1.54, 1.807) is 6.92 Å². The Hall–Kier alpha value is -0.140. The van der Waals surface area contributed by atoms with Gasteiger partial charge in [0.05, 0.1) is 0 Å². The minimum Gasteiger partial charge on any atom is -0.207 e. The van der Waals surface area contributed by atoms with Crippen LogP contribution in [-0.4, -0.2) is 5.92 Å². The Kier molecular flexibility index (Phi) is 0.839. The van der Waals surface area contributed by atoms with Gasteiger partial charge in [0.1, 0.15) is 0 Å². The maximum Gasteiger partial charge on any atom is 0.250 e. The predicted octanol–water partition coefficient (Wildman–Crippen LogP) is 2.05. The quantitative estimate of drug-likeness (QED) is 0.443. The predicted molar refractivity (Wildman–Crippen MR) is 23.3 cm³/mol. The van der Waals surface area contributed by atoms with Gasteiger partial charge in [-0.3, -0.25) is 0 Å². The zero-order valence-electron chi connectivity index (χ0n) is 4.25. The molecule has 0 amide bonds. The summed E-state index contributed by atoms with van der Waals surface area (Å²) in [5.74, 6) is -2.67. The van der Waals surface area contributed by atoms with Gasteiger partial charge in [0.15, 0.2) is 0 Å². The molecule has 2 heteroatoms. The van der Waals surface area contributed by atoms with Crippen LogP contribution < -0.4 is 0 Å². The molecule has 0 N–H and O–H groups in total. The molecule has 1 saturated carbocycles. The summed E-state index contributed by atoms with van der Waals surface area (Å²) in [5, 5.41) is 0. The fourth-order valence-electron chi connectivity index (χ4n) is 0.651. The zero-order chi connectivity index (χ0) is 5.49. The third-order valence-electron chi connectivity index (χ3n) is 1.63. The molecule has 7 heavy (non-hydrogen) atoms. The van der Waals surface area contributed by atoms with Crippen LogP contribution in [0.2, 0.25) is 0 Å². The molecule has 0 spiro atoms. The van der Waals surface area contributed by atoms with E-state index >= 15 is 0 Å². The van der Waals surface area contributed by atoms with Gasteiger partial charge in [-0.1, -0.05) is 6.92 Å². The van der Waals surface area contributed by atoms with Gasteiger partial charge in [-0.25, -0.2) is 8.78 Å². The normalized spacial score (nSPS) is 37.3. The molecular formula is C5H8F2. The topological polar surface area (TPSA) is 0 Å². The Labute approximate surface area is 41.5 Å². The van der Waals surface area contributed by atoms with Gasteiger partial charge in [0.2, 0.25) is 0 Å². The molecule has 0 aromatic rings. The summed E-state index contributed by atoms with van der Waals surface area (Å²) in [5.41, 5.74) is 0. The number of hydrogen-bond donors (Lipinski definition) is 0. The van der Waals surface area contributed by atoms with Crippen LogP contribution in [0.4, 0.5) is 8.78 Å².